The van der Waals surface area contributed by atoms with E-state index in [9.17, 15) is 8.42 Å². The molecule has 2 aliphatic heterocycles. The summed E-state index contributed by atoms with van der Waals surface area (Å²) in [6.07, 6.45) is 3.96. The van der Waals surface area contributed by atoms with Gasteiger partial charge in [-0.3, -0.25) is 4.98 Å². The fourth-order valence-corrected chi connectivity index (χ4v) is 5.01. The molecule has 0 saturated carbocycles. The summed E-state index contributed by atoms with van der Waals surface area (Å²) in [6, 6.07) is 3.46. The number of pyridine rings is 1. The molecule has 0 radical (unpaired) electrons. The summed E-state index contributed by atoms with van der Waals surface area (Å²) in [5.41, 5.74) is 0. The van der Waals surface area contributed by atoms with Crippen molar-refractivity contribution in [1.29, 1.82) is 0 Å². The standard InChI is InChI=1S/C12H17N3O2S/c1-9-5-10-6-14-8-12(10)15(9)18(16,17)11-3-2-4-13-7-11/h2-4,7,9-10,12,14H,5-6,8H2,1H3. The highest BCUT2D eigenvalue weighted by Gasteiger charge is 2.47. The second kappa shape index (κ2) is 4.29. The Labute approximate surface area is 107 Å². The van der Waals surface area contributed by atoms with Crippen molar-refractivity contribution in [3.8, 4) is 0 Å². The molecule has 0 amide bonds. The topological polar surface area (TPSA) is 62.3 Å². The van der Waals surface area contributed by atoms with Gasteiger partial charge >= 0.3 is 0 Å². The normalized spacial score (nSPS) is 32.6. The fourth-order valence-electron chi connectivity index (χ4n) is 3.16. The molecule has 6 heteroatoms. The minimum Gasteiger partial charge on any atom is -0.315 e. The van der Waals surface area contributed by atoms with Crippen molar-refractivity contribution in [2.45, 2.75) is 30.3 Å². The second-order valence-electron chi connectivity index (χ2n) is 5.09. The quantitative estimate of drug-likeness (QED) is 0.845. The molecule has 2 fully saturated rings. The molecule has 1 aromatic heterocycles. The molecule has 2 aliphatic rings. The molecular weight excluding hydrogens is 250 g/mol. The molecule has 0 spiro atoms. The number of aromatic nitrogens is 1. The number of nitrogens with one attached hydrogen (secondary N) is 1. The summed E-state index contributed by atoms with van der Waals surface area (Å²) in [7, 11) is -3.41. The first-order valence-electron chi connectivity index (χ1n) is 6.25. The average Bonchev–Trinajstić information content (AvgIpc) is 2.89. The first-order valence-corrected chi connectivity index (χ1v) is 7.69. The molecule has 0 bridgehead atoms. The third-order valence-electron chi connectivity index (χ3n) is 3.92. The van der Waals surface area contributed by atoms with E-state index in [0.29, 0.717) is 10.8 Å². The van der Waals surface area contributed by atoms with Crippen molar-refractivity contribution in [3.05, 3.63) is 24.5 Å². The van der Waals surface area contributed by atoms with Crippen LogP contribution in [-0.4, -0.2) is 42.9 Å². The third kappa shape index (κ3) is 1.75. The van der Waals surface area contributed by atoms with Crippen molar-refractivity contribution < 1.29 is 8.42 Å². The van der Waals surface area contributed by atoms with E-state index in [1.54, 1.807) is 22.6 Å². The van der Waals surface area contributed by atoms with Crippen LogP contribution < -0.4 is 5.32 Å². The van der Waals surface area contributed by atoms with Gasteiger partial charge in [-0.15, -0.1) is 0 Å². The molecule has 3 unspecified atom stereocenters. The van der Waals surface area contributed by atoms with Gasteiger partial charge in [0.15, 0.2) is 0 Å². The summed E-state index contributed by atoms with van der Waals surface area (Å²) >= 11 is 0. The number of rotatable bonds is 2. The van der Waals surface area contributed by atoms with Gasteiger partial charge in [-0.25, -0.2) is 8.42 Å². The maximum absolute atomic E-state index is 12.6. The van der Waals surface area contributed by atoms with Gasteiger partial charge in [-0.1, -0.05) is 0 Å². The maximum atomic E-state index is 12.6. The van der Waals surface area contributed by atoms with Crippen LogP contribution in [0.4, 0.5) is 0 Å². The van der Waals surface area contributed by atoms with Gasteiger partial charge in [-0.2, -0.15) is 4.31 Å². The Morgan fingerprint density at radius 2 is 2.28 bits per heavy atom. The van der Waals surface area contributed by atoms with Crippen molar-refractivity contribution in [2.75, 3.05) is 13.1 Å². The molecule has 2 saturated heterocycles. The van der Waals surface area contributed by atoms with Gasteiger partial charge in [0.2, 0.25) is 10.0 Å². The van der Waals surface area contributed by atoms with Crippen LogP contribution in [0, 0.1) is 5.92 Å². The van der Waals surface area contributed by atoms with Crippen LogP contribution in [0.5, 0.6) is 0 Å². The predicted octanol–water partition coefficient (Wildman–Crippen LogP) is 0.452. The van der Waals surface area contributed by atoms with E-state index in [-0.39, 0.29) is 12.1 Å². The summed E-state index contributed by atoms with van der Waals surface area (Å²) < 4.78 is 27.0. The van der Waals surface area contributed by atoms with Gasteiger partial charge in [0, 0.05) is 31.0 Å². The zero-order valence-corrected chi connectivity index (χ0v) is 11.1. The Balaban J connectivity index is 1.99. The molecule has 3 atom stereocenters. The summed E-state index contributed by atoms with van der Waals surface area (Å²) in [4.78, 5) is 4.21. The minimum atomic E-state index is -3.41. The van der Waals surface area contributed by atoms with Gasteiger partial charge < -0.3 is 5.32 Å². The smallest absolute Gasteiger partial charge is 0.245 e. The van der Waals surface area contributed by atoms with Crippen molar-refractivity contribution >= 4 is 10.0 Å². The number of hydrogen-bond donors (Lipinski definition) is 1. The van der Waals surface area contributed by atoms with Gasteiger partial charge in [-0.05, 0) is 37.9 Å². The van der Waals surface area contributed by atoms with Gasteiger partial charge in [0.05, 0.1) is 0 Å². The second-order valence-corrected chi connectivity index (χ2v) is 6.94. The highest BCUT2D eigenvalue weighted by atomic mass is 32.2. The third-order valence-corrected chi connectivity index (χ3v) is 5.94. The first-order chi connectivity index (χ1) is 8.60. The molecule has 5 nitrogen and oxygen atoms in total. The van der Waals surface area contributed by atoms with E-state index < -0.39 is 10.0 Å². The molecule has 98 valence electrons. The van der Waals surface area contributed by atoms with Crippen LogP contribution in [0.1, 0.15) is 13.3 Å². The number of fused-ring (bicyclic) bond motifs is 1. The highest BCUT2D eigenvalue weighted by Crippen LogP contribution is 2.36. The summed E-state index contributed by atoms with van der Waals surface area (Å²) in [5.74, 6) is 0.450. The number of nitrogens with zero attached hydrogens (tertiary/aromatic N) is 2. The molecule has 0 aliphatic carbocycles. The Morgan fingerprint density at radius 3 is 3.00 bits per heavy atom. The SMILES string of the molecule is CC1CC2CNCC2N1S(=O)(=O)c1cccnc1. The van der Waals surface area contributed by atoms with E-state index in [1.807, 2.05) is 6.92 Å². The van der Waals surface area contributed by atoms with Crippen LogP contribution in [0.15, 0.2) is 29.4 Å². The Kier molecular flexibility index (Phi) is 2.88. The first kappa shape index (κ1) is 12.1. The lowest BCUT2D eigenvalue weighted by molar-refractivity contribution is 0.335. The Hall–Kier alpha value is -0.980. The zero-order valence-electron chi connectivity index (χ0n) is 10.3. The molecule has 18 heavy (non-hydrogen) atoms. The fraction of sp³-hybridized carbons (Fsp3) is 0.583. The van der Waals surface area contributed by atoms with Crippen molar-refractivity contribution in [2.24, 2.45) is 5.92 Å². The van der Waals surface area contributed by atoms with Crippen LogP contribution in [0.2, 0.25) is 0 Å². The molecule has 1 aromatic rings. The lowest BCUT2D eigenvalue weighted by atomic mass is 10.0. The predicted molar refractivity (Wildman–Crippen MR) is 67.5 cm³/mol. The molecule has 3 rings (SSSR count). The van der Waals surface area contributed by atoms with Crippen molar-refractivity contribution in [3.63, 3.8) is 0 Å². The monoisotopic (exact) mass is 267 g/mol. The molecular formula is C12H17N3O2S. The number of sulfonamides is 1. The number of hydrogen-bond acceptors (Lipinski definition) is 4. The van der Waals surface area contributed by atoms with Gasteiger partial charge in [0.1, 0.15) is 4.90 Å². The molecule has 0 aromatic carbocycles. The summed E-state index contributed by atoms with van der Waals surface area (Å²) in [5, 5.41) is 3.28. The van der Waals surface area contributed by atoms with Crippen LogP contribution in [-0.2, 0) is 10.0 Å². The molecule has 3 heterocycles. The zero-order chi connectivity index (χ0) is 12.8. The van der Waals surface area contributed by atoms with E-state index in [2.05, 4.69) is 10.3 Å². The Morgan fingerprint density at radius 1 is 1.44 bits per heavy atom. The highest BCUT2D eigenvalue weighted by molar-refractivity contribution is 7.89. The average molecular weight is 267 g/mol. The Bertz CT molecular complexity index is 532. The van der Waals surface area contributed by atoms with E-state index >= 15 is 0 Å². The van der Waals surface area contributed by atoms with Crippen LogP contribution >= 0.6 is 0 Å². The maximum Gasteiger partial charge on any atom is 0.245 e. The summed E-state index contributed by atoms with van der Waals surface area (Å²) in [6.45, 7) is 3.68. The van der Waals surface area contributed by atoms with Gasteiger partial charge in [0.25, 0.3) is 0 Å². The van der Waals surface area contributed by atoms with E-state index in [0.717, 1.165) is 19.5 Å². The van der Waals surface area contributed by atoms with Crippen molar-refractivity contribution in [1.82, 2.24) is 14.6 Å². The lowest BCUT2D eigenvalue weighted by Crippen LogP contribution is -2.42. The van der Waals surface area contributed by atoms with Crippen LogP contribution in [0.3, 0.4) is 0 Å². The van der Waals surface area contributed by atoms with E-state index in [1.165, 1.54) is 6.20 Å². The minimum absolute atomic E-state index is 0.0762. The van der Waals surface area contributed by atoms with Crippen LogP contribution in [0.25, 0.3) is 0 Å². The lowest BCUT2D eigenvalue weighted by Gasteiger charge is -2.26. The largest absolute Gasteiger partial charge is 0.315 e. The van der Waals surface area contributed by atoms with E-state index in [4.69, 9.17) is 0 Å². The molecule has 1 N–H and O–H groups in total.